The lowest BCUT2D eigenvalue weighted by Crippen LogP contribution is -2.25. The Morgan fingerprint density at radius 1 is 1.45 bits per heavy atom. The van der Waals surface area contributed by atoms with Crippen LogP contribution in [0.15, 0.2) is 30.5 Å². The van der Waals surface area contributed by atoms with Gasteiger partial charge in [-0.25, -0.2) is 4.39 Å². The molecule has 2 rings (SSSR count). The summed E-state index contributed by atoms with van der Waals surface area (Å²) in [5, 5.41) is 7.22. The van der Waals surface area contributed by atoms with E-state index in [-0.39, 0.29) is 11.9 Å². The number of anilines is 1. The van der Waals surface area contributed by atoms with Crippen molar-refractivity contribution in [1.29, 1.82) is 0 Å². The summed E-state index contributed by atoms with van der Waals surface area (Å²) >= 11 is 0. The number of methoxy groups -OCH3 is 1. The highest BCUT2D eigenvalue weighted by atomic mass is 19.1. The van der Waals surface area contributed by atoms with Crippen LogP contribution in [-0.2, 0) is 18.2 Å². The fraction of sp³-hybridized carbons (Fsp3) is 0.333. The number of nitrogens with two attached hydrogens (primary N) is 1. The lowest BCUT2D eigenvalue weighted by atomic mass is 10.1. The van der Waals surface area contributed by atoms with Crippen molar-refractivity contribution < 1.29 is 13.9 Å². The first kappa shape index (κ1) is 16.0. The molecule has 1 heterocycles. The molecule has 3 N–H and O–H groups in total. The standard InChI is InChI=1S/C15H19FN4O2/c1-20-9-13(14(17)21)15(19-20)18-8-12(22-2)7-10-3-5-11(16)6-4-10/h3-6,9,12H,7-8H2,1-2H3,(H2,17,21)(H,18,19). The number of nitrogens with one attached hydrogen (secondary N) is 1. The normalized spacial score (nSPS) is 12.1. The molecule has 118 valence electrons. The van der Waals surface area contributed by atoms with Crippen molar-refractivity contribution >= 4 is 11.7 Å². The van der Waals surface area contributed by atoms with E-state index in [0.29, 0.717) is 24.3 Å². The zero-order chi connectivity index (χ0) is 16.1. The molecule has 0 aliphatic rings. The number of ether oxygens (including phenoxy) is 1. The van der Waals surface area contributed by atoms with Gasteiger partial charge in [0.1, 0.15) is 11.4 Å². The number of carbonyl (C=O) groups is 1. The maximum Gasteiger partial charge on any atom is 0.254 e. The average molecular weight is 306 g/mol. The van der Waals surface area contributed by atoms with Crippen molar-refractivity contribution in [3.63, 3.8) is 0 Å². The third-order valence-electron chi connectivity index (χ3n) is 3.30. The van der Waals surface area contributed by atoms with E-state index in [4.69, 9.17) is 10.5 Å². The Bertz CT molecular complexity index is 639. The van der Waals surface area contributed by atoms with Crippen LogP contribution in [0.25, 0.3) is 0 Å². The third-order valence-corrected chi connectivity index (χ3v) is 3.30. The SMILES string of the molecule is COC(CNc1nn(C)cc1C(N)=O)Cc1ccc(F)cc1. The van der Waals surface area contributed by atoms with Gasteiger partial charge in [-0.3, -0.25) is 9.48 Å². The van der Waals surface area contributed by atoms with Crippen LogP contribution in [0.4, 0.5) is 10.2 Å². The van der Waals surface area contributed by atoms with Crippen LogP contribution in [-0.4, -0.2) is 35.4 Å². The summed E-state index contributed by atoms with van der Waals surface area (Å²) in [5.41, 5.74) is 6.60. The fourth-order valence-corrected chi connectivity index (χ4v) is 2.13. The monoisotopic (exact) mass is 306 g/mol. The lowest BCUT2D eigenvalue weighted by molar-refractivity contribution is 0.1000. The van der Waals surface area contributed by atoms with Gasteiger partial charge >= 0.3 is 0 Å². The van der Waals surface area contributed by atoms with E-state index in [0.717, 1.165) is 5.56 Å². The van der Waals surface area contributed by atoms with Crippen molar-refractivity contribution in [2.75, 3.05) is 19.0 Å². The quantitative estimate of drug-likeness (QED) is 0.808. The van der Waals surface area contributed by atoms with E-state index in [9.17, 15) is 9.18 Å². The van der Waals surface area contributed by atoms with E-state index in [1.807, 2.05) is 0 Å². The number of nitrogens with zero attached hydrogens (tertiary/aromatic N) is 2. The number of benzene rings is 1. The number of hydrogen-bond donors (Lipinski definition) is 2. The second kappa shape index (κ2) is 7.04. The first-order chi connectivity index (χ1) is 10.5. The molecule has 0 aliphatic carbocycles. The van der Waals surface area contributed by atoms with E-state index >= 15 is 0 Å². The maximum absolute atomic E-state index is 12.9. The number of aromatic nitrogens is 2. The second-order valence-corrected chi connectivity index (χ2v) is 5.00. The van der Waals surface area contributed by atoms with Crippen molar-refractivity contribution in [3.8, 4) is 0 Å². The fourth-order valence-electron chi connectivity index (χ4n) is 2.13. The van der Waals surface area contributed by atoms with Gasteiger partial charge in [-0.05, 0) is 17.7 Å². The van der Waals surface area contributed by atoms with Crippen LogP contribution in [0.1, 0.15) is 15.9 Å². The second-order valence-electron chi connectivity index (χ2n) is 5.00. The smallest absolute Gasteiger partial charge is 0.254 e. The lowest BCUT2D eigenvalue weighted by Gasteiger charge is -2.16. The topological polar surface area (TPSA) is 82.2 Å². The number of rotatable bonds is 7. The average Bonchev–Trinajstić information content (AvgIpc) is 2.87. The number of amides is 1. The van der Waals surface area contributed by atoms with Crippen LogP contribution in [0, 0.1) is 5.82 Å². The number of carbonyl (C=O) groups excluding carboxylic acids is 1. The summed E-state index contributed by atoms with van der Waals surface area (Å²) in [6.45, 7) is 0.450. The summed E-state index contributed by atoms with van der Waals surface area (Å²) in [7, 11) is 3.31. The Morgan fingerprint density at radius 2 is 2.14 bits per heavy atom. The van der Waals surface area contributed by atoms with Gasteiger partial charge in [0.05, 0.1) is 6.10 Å². The highest BCUT2D eigenvalue weighted by molar-refractivity contribution is 5.97. The number of halogens is 1. The maximum atomic E-state index is 12.9. The van der Waals surface area contributed by atoms with Crippen molar-refractivity contribution in [1.82, 2.24) is 9.78 Å². The molecule has 0 spiro atoms. The van der Waals surface area contributed by atoms with E-state index in [1.54, 1.807) is 32.5 Å². The largest absolute Gasteiger partial charge is 0.379 e. The van der Waals surface area contributed by atoms with Gasteiger partial charge in [-0.15, -0.1) is 0 Å². The van der Waals surface area contributed by atoms with Crippen molar-refractivity contribution in [2.24, 2.45) is 12.8 Å². The highest BCUT2D eigenvalue weighted by Crippen LogP contribution is 2.13. The predicted octanol–water partition coefficient (Wildman–Crippen LogP) is 1.33. The molecule has 7 heteroatoms. The Balaban J connectivity index is 1.99. The van der Waals surface area contributed by atoms with Crippen LogP contribution in [0.3, 0.4) is 0 Å². The van der Waals surface area contributed by atoms with Crippen LogP contribution in [0.5, 0.6) is 0 Å². The summed E-state index contributed by atoms with van der Waals surface area (Å²) < 4.78 is 19.8. The third kappa shape index (κ3) is 4.05. The van der Waals surface area contributed by atoms with Gasteiger partial charge in [-0.2, -0.15) is 5.10 Å². The summed E-state index contributed by atoms with van der Waals surface area (Å²) in [6.07, 6.45) is 2.03. The zero-order valence-corrected chi connectivity index (χ0v) is 12.5. The Morgan fingerprint density at radius 3 is 2.73 bits per heavy atom. The summed E-state index contributed by atoms with van der Waals surface area (Å²) in [4.78, 5) is 11.3. The van der Waals surface area contributed by atoms with Gasteiger partial charge in [-0.1, -0.05) is 12.1 Å². The molecule has 1 unspecified atom stereocenters. The number of hydrogen-bond acceptors (Lipinski definition) is 4. The number of primary amides is 1. The van der Waals surface area contributed by atoms with Gasteiger partial charge < -0.3 is 15.8 Å². The first-order valence-electron chi connectivity index (χ1n) is 6.84. The Kier molecular flexibility index (Phi) is 5.11. The minimum absolute atomic E-state index is 0.145. The molecule has 1 aromatic heterocycles. The molecule has 0 bridgehead atoms. The Hall–Kier alpha value is -2.41. The molecule has 0 radical (unpaired) electrons. The van der Waals surface area contributed by atoms with Gasteiger partial charge in [0, 0.05) is 33.3 Å². The van der Waals surface area contributed by atoms with E-state index in [1.165, 1.54) is 16.8 Å². The van der Waals surface area contributed by atoms with Crippen LogP contribution >= 0.6 is 0 Å². The molecule has 2 aromatic rings. The molecular weight excluding hydrogens is 287 g/mol. The zero-order valence-electron chi connectivity index (χ0n) is 12.5. The molecule has 0 saturated heterocycles. The molecule has 0 aliphatic heterocycles. The molecule has 0 saturated carbocycles. The molecule has 1 amide bonds. The van der Waals surface area contributed by atoms with E-state index < -0.39 is 5.91 Å². The molecule has 6 nitrogen and oxygen atoms in total. The van der Waals surface area contributed by atoms with Crippen LogP contribution < -0.4 is 11.1 Å². The minimum atomic E-state index is -0.539. The highest BCUT2D eigenvalue weighted by Gasteiger charge is 2.15. The van der Waals surface area contributed by atoms with Crippen LogP contribution in [0.2, 0.25) is 0 Å². The molecule has 1 atom stereocenters. The van der Waals surface area contributed by atoms with Gasteiger partial charge in [0.15, 0.2) is 5.82 Å². The molecular formula is C15H19FN4O2. The number of aryl methyl sites for hydroxylation is 1. The van der Waals surface area contributed by atoms with Gasteiger partial charge in [0.2, 0.25) is 0 Å². The van der Waals surface area contributed by atoms with Gasteiger partial charge in [0.25, 0.3) is 5.91 Å². The summed E-state index contributed by atoms with van der Waals surface area (Å²) in [6, 6.07) is 6.27. The van der Waals surface area contributed by atoms with E-state index in [2.05, 4.69) is 10.4 Å². The van der Waals surface area contributed by atoms with Crippen molar-refractivity contribution in [3.05, 3.63) is 47.4 Å². The van der Waals surface area contributed by atoms with Crippen molar-refractivity contribution in [2.45, 2.75) is 12.5 Å². The predicted molar refractivity (Wildman–Crippen MR) is 81.1 cm³/mol. The molecule has 0 fully saturated rings. The minimum Gasteiger partial charge on any atom is -0.379 e. The molecule has 22 heavy (non-hydrogen) atoms. The molecule has 1 aromatic carbocycles. The first-order valence-corrected chi connectivity index (χ1v) is 6.84. The Labute approximate surface area is 128 Å². The summed E-state index contributed by atoms with van der Waals surface area (Å²) in [5.74, 6) is -0.380.